The summed E-state index contributed by atoms with van der Waals surface area (Å²) in [7, 11) is 0. The number of rotatable bonds is 4. The smallest absolute Gasteiger partial charge is 0.319 e. The number of alkyl halides is 2. The lowest BCUT2D eigenvalue weighted by Crippen LogP contribution is -2.43. The third-order valence-corrected chi connectivity index (χ3v) is 7.65. The highest BCUT2D eigenvalue weighted by atomic mass is 35.5. The third kappa shape index (κ3) is 3.22. The van der Waals surface area contributed by atoms with Gasteiger partial charge in [-0.25, -0.2) is 18.2 Å². The first-order valence-corrected chi connectivity index (χ1v) is 11.6. The molecule has 0 spiro atoms. The van der Waals surface area contributed by atoms with Gasteiger partial charge >= 0.3 is 6.01 Å². The molecule has 172 valence electrons. The van der Waals surface area contributed by atoms with Crippen LogP contribution in [0.1, 0.15) is 41.3 Å². The van der Waals surface area contributed by atoms with Crippen LogP contribution < -0.4 is 9.64 Å². The molecule has 5 atom stereocenters. The standard InChI is InChI=1S/C22H25ClF3N5O/c23-19-16(26)17-14(9-27-19)20(31-7-2-1-4-13-15(25)18(13)31)29-21(28-17)32-11-22-5-3-6-30(22)10-12(24)8-22/h9,12-13,15,18H,1-8,10-11H2/t12-,13-,15-,18-,22+/m1/s1/i11D2. The molecule has 10 heteroatoms. The predicted octanol–water partition coefficient (Wildman–Crippen LogP) is 4.10. The molecule has 0 N–H and O–H groups in total. The molecule has 6 nitrogen and oxygen atoms in total. The number of hydrogen-bond donors (Lipinski definition) is 0. The summed E-state index contributed by atoms with van der Waals surface area (Å²) < 4.78 is 67.1. The molecule has 0 radical (unpaired) electrons. The number of anilines is 1. The molecule has 6 rings (SSSR count). The Bertz CT molecular complexity index is 1150. The molecule has 5 heterocycles. The van der Waals surface area contributed by atoms with Crippen molar-refractivity contribution in [3.05, 3.63) is 17.2 Å². The van der Waals surface area contributed by atoms with Crippen LogP contribution in [0.2, 0.25) is 5.15 Å². The maximum Gasteiger partial charge on any atom is 0.319 e. The van der Waals surface area contributed by atoms with Gasteiger partial charge in [0.25, 0.3) is 0 Å². The van der Waals surface area contributed by atoms with Crippen LogP contribution in [-0.4, -0.2) is 70.0 Å². The van der Waals surface area contributed by atoms with Gasteiger partial charge in [0.05, 0.1) is 19.7 Å². The number of aromatic nitrogens is 3. The molecule has 0 unspecified atom stereocenters. The monoisotopic (exact) mass is 469 g/mol. The Morgan fingerprint density at radius 3 is 3.00 bits per heavy atom. The second-order valence-corrected chi connectivity index (χ2v) is 9.69. The van der Waals surface area contributed by atoms with E-state index in [2.05, 4.69) is 15.0 Å². The maximum atomic E-state index is 15.0. The van der Waals surface area contributed by atoms with Gasteiger partial charge in [0.1, 0.15) is 30.2 Å². The molecule has 2 aromatic heterocycles. The van der Waals surface area contributed by atoms with Gasteiger partial charge in [0, 0.05) is 31.6 Å². The average Bonchev–Trinajstić information content (AvgIpc) is 3.14. The van der Waals surface area contributed by atoms with Crippen molar-refractivity contribution in [2.24, 2.45) is 5.92 Å². The molecule has 0 amide bonds. The molecule has 1 saturated carbocycles. The summed E-state index contributed by atoms with van der Waals surface area (Å²) in [5.74, 6) is -0.733. The number of halogens is 4. The van der Waals surface area contributed by atoms with Crippen LogP contribution in [-0.2, 0) is 0 Å². The van der Waals surface area contributed by atoms with Crippen molar-refractivity contribution in [2.45, 2.75) is 62.4 Å². The van der Waals surface area contributed by atoms with Crippen LogP contribution in [0.25, 0.3) is 10.9 Å². The molecular weight excluding hydrogens is 443 g/mol. The Kier molecular flexibility index (Phi) is 4.40. The number of hydrogen-bond acceptors (Lipinski definition) is 6. The van der Waals surface area contributed by atoms with E-state index in [1.54, 1.807) is 9.80 Å². The first-order valence-electron chi connectivity index (χ1n) is 12.2. The fourth-order valence-corrected chi connectivity index (χ4v) is 5.91. The summed E-state index contributed by atoms with van der Waals surface area (Å²) in [5, 5.41) is -0.119. The van der Waals surface area contributed by atoms with Crippen LogP contribution in [0.5, 0.6) is 6.01 Å². The SMILES string of the molecule is [2H]C([2H])(Oc1nc(N2CCCC[C@@H]3[C@@H](F)[C@@H]32)c2cnc(Cl)c(F)c2n1)[C@@]12CCCN1C[C@H](F)C2. The Morgan fingerprint density at radius 2 is 2.12 bits per heavy atom. The molecule has 1 aliphatic carbocycles. The van der Waals surface area contributed by atoms with Crippen molar-refractivity contribution in [3.63, 3.8) is 0 Å². The lowest BCUT2D eigenvalue weighted by atomic mass is 9.95. The zero-order chi connectivity index (χ0) is 23.8. The second kappa shape index (κ2) is 7.58. The Hall–Kier alpha value is -1.87. The number of nitrogens with zero attached hydrogens (tertiary/aromatic N) is 5. The first kappa shape index (κ1) is 18.5. The highest BCUT2D eigenvalue weighted by molar-refractivity contribution is 6.30. The van der Waals surface area contributed by atoms with Crippen LogP contribution >= 0.6 is 11.6 Å². The van der Waals surface area contributed by atoms with Crippen molar-refractivity contribution >= 4 is 28.3 Å². The zero-order valence-corrected chi connectivity index (χ0v) is 18.2. The van der Waals surface area contributed by atoms with E-state index in [9.17, 15) is 8.78 Å². The van der Waals surface area contributed by atoms with E-state index in [1.165, 1.54) is 6.20 Å². The van der Waals surface area contributed by atoms with Crippen molar-refractivity contribution in [2.75, 3.05) is 31.1 Å². The minimum atomic E-state index is -2.33. The summed E-state index contributed by atoms with van der Waals surface area (Å²) in [4.78, 5) is 16.1. The summed E-state index contributed by atoms with van der Waals surface area (Å²) in [6.07, 6.45) is 2.84. The minimum Gasteiger partial charge on any atom is -0.461 e. The van der Waals surface area contributed by atoms with Crippen molar-refractivity contribution in [1.82, 2.24) is 19.9 Å². The summed E-state index contributed by atoms with van der Waals surface area (Å²) in [6.45, 7) is -1.08. The number of pyridine rings is 1. The number of fused-ring (bicyclic) bond motifs is 3. The van der Waals surface area contributed by atoms with E-state index in [1.807, 2.05) is 0 Å². The van der Waals surface area contributed by atoms with Gasteiger partial charge in [0.15, 0.2) is 11.0 Å². The third-order valence-electron chi connectivity index (χ3n) is 7.39. The van der Waals surface area contributed by atoms with Crippen LogP contribution in [0.4, 0.5) is 19.0 Å². The van der Waals surface area contributed by atoms with Crippen molar-refractivity contribution < 1.29 is 20.6 Å². The fraction of sp³-hybridized carbons (Fsp3) is 0.682. The summed E-state index contributed by atoms with van der Waals surface area (Å²) in [6, 6.07) is -0.760. The number of ether oxygens (including phenoxy) is 1. The summed E-state index contributed by atoms with van der Waals surface area (Å²) in [5.41, 5.74) is -1.31. The Balaban J connectivity index is 1.44. The van der Waals surface area contributed by atoms with Gasteiger partial charge in [-0.05, 0) is 32.2 Å². The molecular formula is C22H25ClF3N5O. The lowest BCUT2D eigenvalue weighted by molar-refractivity contribution is 0.107. The van der Waals surface area contributed by atoms with E-state index in [0.717, 1.165) is 25.7 Å². The molecule has 32 heavy (non-hydrogen) atoms. The van der Waals surface area contributed by atoms with Gasteiger partial charge in [0.2, 0.25) is 0 Å². The molecule has 0 bridgehead atoms. The highest BCUT2D eigenvalue weighted by Gasteiger charge is 2.55. The molecule has 4 aliphatic rings. The van der Waals surface area contributed by atoms with Gasteiger partial charge in [-0.2, -0.15) is 9.97 Å². The maximum absolute atomic E-state index is 15.0. The fourth-order valence-electron chi connectivity index (χ4n) is 5.77. The predicted molar refractivity (Wildman–Crippen MR) is 114 cm³/mol. The molecule has 3 saturated heterocycles. The van der Waals surface area contributed by atoms with Crippen LogP contribution in [0, 0.1) is 11.7 Å². The topological polar surface area (TPSA) is 54.4 Å². The van der Waals surface area contributed by atoms with E-state index in [-0.39, 0.29) is 52.8 Å². The van der Waals surface area contributed by atoms with E-state index < -0.39 is 30.3 Å². The Labute approximate surface area is 191 Å². The van der Waals surface area contributed by atoms with Crippen molar-refractivity contribution in [3.8, 4) is 6.01 Å². The first-order chi connectivity index (χ1) is 16.2. The van der Waals surface area contributed by atoms with Gasteiger partial charge < -0.3 is 9.64 Å². The largest absolute Gasteiger partial charge is 0.461 e. The second-order valence-electron chi connectivity index (χ2n) is 9.33. The van der Waals surface area contributed by atoms with E-state index >= 15 is 4.39 Å². The molecule has 4 fully saturated rings. The van der Waals surface area contributed by atoms with Crippen LogP contribution in [0.3, 0.4) is 0 Å². The van der Waals surface area contributed by atoms with E-state index in [0.29, 0.717) is 19.5 Å². The van der Waals surface area contributed by atoms with E-state index in [4.69, 9.17) is 19.1 Å². The molecule has 0 aromatic carbocycles. The minimum absolute atomic E-state index is 0.00393. The van der Waals surface area contributed by atoms with Crippen molar-refractivity contribution in [1.29, 1.82) is 0 Å². The Morgan fingerprint density at radius 1 is 1.25 bits per heavy atom. The molecule has 3 aliphatic heterocycles. The quantitative estimate of drug-likeness (QED) is 0.628. The zero-order valence-electron chi connectivity index (χ0n) is 19.4. The van der Waals surface area contributed by atoms with Gasteiger partial charge in [-0.3, -0.25) is 4.90 Å². The van der Waals surface area contributed by atoms with Crippen LogP contribution in [0.15, 0.2) is 6.20 Å². The highest BCUT2D eigenvalue weighted by Crippen LogP contribution is 2.48. The van der Waals surface area contributed by atoms with Gasteiger partial charge in [-0.15, -0.1) is 0 Å². The average molecular weight is 470 g/mol. The van der Waals surface area contributed by atoms with Gasteiger partial charge in [-0.1, -0.05) is 18.0 Å². The normalized spacial score (nSPS) is 35.8. The molecule has 2 aromatic rings. The lowest BCUT2D eigenvalue weighted by Gasteiger charge is -2.31. The summed E-state index contributed by atoms with van der Waals surface area (Å²) >= 11 is 5.91.